The first-order valence-corrected chi connectivity index (χ1v) is 5.08. The fourth-order valence-corrected chi connectivity index (χ4v) is 1.54. The Morgan fingerprint density at radius 1 is 1.58 bits per heavy atom. The van der Waals surface area contributed by atoms with Crippen LogP contribution in [-0.4, -0.2) is 10.9 Å². The van der Waals surface area contributed by atoms with E-state index in [2.05, 4.69) is 15.9 Å². The van der Waals surface area contributed by atoms with E-state index in [1.807, 2.05) is 22.6 Å². The third kappa shape index (κ3) is 1.98. The molecule has 0 aliphatic rings. The third-order valence-electron chi connectivity index (χ3n) is 1.42. The molecule has 0 amide bonds. The predicted molar refractivity (Wildman–Crippen MR) is 58.5 cm³/mol. The zero-order valence-corrected chi connectivity index (χ0v) is 10.0. The lowest BCUT2D eigenvalue weighted by Crippen LogP contribution is -1.92. The van der Waals surface area contributed by atoms with E-state index in [-0.39, 0.29) is 11.5 Å². The van der Waals surface area contributed by atoms with Crippen molar-refractivity contribution in [2.75, 3.05) is 0 Å². The average molecular weight is 341 g/mol. The van der Waals surface area contributed by atoms with Crippen LogP contribution in [0.4, 0.5) is 0 Å². The second-order valence-electron chi connectivity index (χ2n) is 2.35. The quantitative estimate of drug-likeness (QED) is 0.630. The molecule has 1 N–H and O–H groups in total. The van der Waals surface area contributed by atoms with Crippen LogP contribution in [0.1, 0.15) is 17.3 Å². The van der Waals surface area contributed by atoms with Crippen LogP contribution in [0.3, 0.4) is 0 Å². The lowest BCUT2D eigenvalue weighted by Gasteiger charge is -2.02. The molecule has 4 heteroatoms. The lowest BCUT2D eigenvalue weighted by molar-refractivity contribution is 0.101. The van der Waals surface area contributed by atoms with E-state index in [0.717, 1.165) is 8.04 Å². The zero-order chi connectivity index (χ0) is 9.30. The number of carbonyl (C=O) groups excluding carboxylic acids is 1. The lowest BCUT2D eigenvalue weighted by atomic mass is 10.1. The standard InChI is InChI=1S/C8H6BrIO2/c1-4(11)5-2-6(9)8(10)7(12)3-5/h2-3,12H,1H3. The van der Waals surface area contributed by atoms with E-state index in [1.165, 1.54) is 13.0 Å². The highest BCUT2D eigenvalue weighted by molar-refractivity contribution is 14.1. The summed E-state index contributed by atoms with van der Waals surface area (Å²) in [5.41, 5.74) is 0.514. The van der Waals surface area contributed by atoms with Gasteiger partial charge in [0.05, 0.1) is 3.57 Å². The summed E-state index contributed by atoms with van der Waals surface area (Å²) in [5, 5.41) is 9.34. The van der Waals surface area contributed by atoms with Crippen molar-refractivity contribution in [3.8, 4) is 5.75 Å². The van der Waals surface area contributed by atoms with Crippen molar-refractivity contribution in [1.82, 2.24) is 0 Å². The van der Waals surface area contributed by atoms with Gasteiger partial charge < -0.3 is 5.11 Å². The van der Waals surface area contributed by atoms with Crippen LogP contribution in [0, 0.1) is 3.57 Å². The molecule has 0 fully saturated rings. The van der Waals surface area contributed by atoms with Crippen molar-refractivity contribution < 1.29 is 9.90 Å². The fraction of sp³-hybridized carbons (Fsp3) is 0.125. The van der Waals surface area contributed by atoms with Gasteiger partial charge in [-0.05, 0) is 57.6 Å². The molecule has 0 aromatic heterocycles. The minimum absolute atomic E-state index is 0.0533. The SMILES string of the molecule is CC(=O)c1cc(O)c(I)c(Br)c1. The van der Waals surface area contributed by atoms with E-state index in [4.69, 9.17) is 0 Å². The maximum atomic E-state index is 10.9. The van der Waals surface area contributed by atoms with Crippen LogP contribution in [0.2, 0.25) is 0 Å². The number of hydrogen-bond donors (Lipinski definition) is 1. The van der Waals surface area contributed by atoms with Crippen molar-refractivity contribution in [2.45, 2.75) is 6.92 Å². The number of ketones is 1. The molecule has 64 valence electrons. The van der Waals surface area contributed by atoms with Gasteiger partial charge in [-0.25, -0.2) is 0 Å². The van der Waals surface area contributed by atoms with Crippen LogP contribution < -0.4 is 0 Å². The van der Waals surface area contributed by atoms with Gasteiger partial charge in [-0.1, -0.05) is 0 Å². The van der Waals surface area contributed by atoms with Gasteiger partial charge in [0.2, 0.25) is 0 Å². The van der Waals surface area contributed by atoms with Gasteiger partial charge in [0.25, 0.3) is 0 Å². The van der Waals surface area contributed by atoms with E-state index in [0.29, 0.717) is 5.56 Å². The van der Waals surface area contributed by atoms with Crippen molar-refractivity contribution >= 4 is 44.3 Å². The summed E-state index contributed by atoms with van der Waals surface area (Å²) in [4.78, 5) is 10.9. The maximum absolute atomic E-state index is 10.9. The van der Waals surface area contributed by atoms with Crippen LogP contribution in [0.15, 0.2) is 16.6 Å². The first kappa shape index (κ1) is 9.98. The second-order valence-corrected chi connectivity index (χ2v) is 4.28. The number of phenols is 1. The van der Waals surface area contributed by atoms with Gasteiger partial charge in [0, 0.05) is 10.0 Å². The molecular formula is C8H6BrIO2. The number of halogens is 2. The van der Waals surface area contributed by atoms with E-state index >= 15 is 0 Å². The Morgan fingerprint density at radius 2 is 2.17 bits per heavy atom. The summed E-state index contributed by atoms with van der Waals surface area (Å²) < 4.78 is 1.46. The van der Waals surface area contributed by atoms with Crippen molar-refractivity contribution in [1.29, 1.82) is 0 Å². The monoisotopic (exact) mass is 340 g/mol. The number of aromatic hydroxyl groups is 1. The number of phenolic OH excluding ortho intramolecular Hbond substituents is 1. The summed E-state index contributed by atoms with van der Waals surface area (Å²) in [6, 6.07) is 3.17. The molecule has 0 radical (unpaired) electrons. The number of carbonyl (C=O) groups is 1. The maximum Gasteiger partial charge on any atom is 0.159 e. The molecule has 12 heavy (non-hydrogen) atoms. The Labute approximate surface area is 92.2 Å². The summed E-state index contributed by atoms with van der Waals surface area (Å²) in [6.45, 7) is 1.47. The van der Waals surface area contributed by atoms with Crippen molar-refractivity contribution in [3.05, 3.63) is 25.7 Å². The summed E-state index contributed by atoms with van der Waals surface area (Å²) >= 11 is 5.25. The predicted octanol–water partition coefficient (Wildman–Crippen LogP) is 2.96. The van der Waals surface area contributed by atoms with Gasteiger partial charge in [-0.15, -0.1) is 0 Å². The highest BCUT2D eigenvalue weighted by atomic mass is 127. The molecule has 1 rings (SSSR count). The molecule has 0 bridgehead atoms. The summed E-state index contributed by atoms with van der Waals surface area (Å²) in [5.74, 6) is 0.0811. The molecule has 0 heterocycles. The summed E-state index contributed by atoms with van der Waals surface area (Å²) in [7, 11) is 0. The Hall–Kier alpha value is -0.100. The molecule has 0 saturated heterocycles. The first-order chi connectivity index (χ1) is 5.52. The molecule has 1 aromatic rings. The molecule has 0 aliphatic carbocycles. The molecule has 0 unspecified atom stereocenters. The second kappa shape index (κ2) is 3.74. The van der Waals surface area contributed by atoms with E-state index < -0.39 is 0 Å². The molecule has 1 aromatic carbocycles. The zero-order valence-electron chi connectivity index (χ0n) is 6.27. The van der Waals surface area contributed by atoms with E-state index in [1.54, 1.807) is 6.07 Å². The number of rotatable bonds is 1. The minimum atomic E-state index is -0.0533. The Morgan fingerprint density at radius 3 is 2.58 bits per heavy atom. The largest absolute Gasteiger partial charge is 0.507 e. The van der Waals surface area contributed by atoms with Gasteiger partial charge in [0.1, 0.15) is 5.75 Å². The molecule has 2 nitrogen and oxygen atoms in total. The molecule has 0 aliphatic heterocycles. The van der Waals surface area contributed by atoms with Crippen LogP contribution in [-0.2, 0) is 0 Å². The van der Waals surface area contributed by atoms with Gasteiger partial charge >= 0.3 is 0 Å². The fourth-order valence-electron chi connectivity index (χ4n) is 0.778. The normalized spacial score (nSPS) is 9.92. The van der Waals surface area contributed by atoms with E-state index in [9.17, 15) is 9.90 Å². The molecule has 0 spiro atoms. The number of Topliss-reactive ketones (excluding diaryl/α,β-unsaturated/α-hetero) is 1. The summed E-state index contributed by atoms with van der Waals surface area (Å²) in [6.07, 6.45) is 0. The highest BCUT2D eigenvalue weighted by Gasteiger charge is 2.07. The molecular weight excluding hydrogens is 335 g/mol. The highest BCUT2D eigenvalue weighted by Crippen LogP contribution is 2.29. The van der Waals surface area contributed by atoms with Crippen molar-refractivity contribution in [3.63, 3.8) is 0 Å². The minimum Gasteiger partial charge on any atom is -0.507 e. The number of hydrogen-bond acceptors (Lipinski definition) is 2. The Bertz CT molecular complexity index is 313. The van der Waals surface area contributed by atoms with Crippen molar-refractivity contribution in [2.24, 2.45) is 0 Å². The van der Waals surface area contributed by atoms with Gasteiger partial charge in [0.15, 0.2) is 5.78 Å². The van der Waals surface area contributed by atoms with Gasteiger partial charge in [-0.2, -0.15) is 0 Å². The topological polar surface area (TPSA) is 37.3 Å². The van der Waals surface area contributed by atoms with Gasteiger partial charge in [-0.3, -0.25) is 4.79 Å². The first-order valence-electron chi connectivity index (χ1n) is 3.21. The third-order valence-corrected chi connectivity index (χ3v) is 3.92. The van der Waals surface area contributed by atoms with Crippen LogP contribution in [0.25, 0.3) is 0 Å². The molecule has 0 atom stereocenters. The number of benzene rings is 1. The molecule has 0 saturated carbocycles. The Kier molecular flexibility index (Phi) is 3.11. The van der Waals surface area contributed by atoms with Crippen LogP contribution >= 0.6 is 38.5 Å². The van der Waals surface area contributed by atoms with Crippen LogP contribution in [0.5, 0.6) is 5.75 Å². The average Bonchev–Trinajstić information content (AvgIpc) is 1.99. The smallest absolute Gasteiger partial charge is 0.159 e. The Balaban J connectivity index is 3.31.